The maximum absolute atomic E-state index is 12.0. The van der Waals surface area contributed by atoms with Crippen LogP contribution in [-0.4, -0.2) is 19.3 Å². The van der Waals surface area contributed by atoms with Crippen LogP contribution < -0.4 is 4.87 Å². The van der Waals surface area contributed by atoms with E-state index in [0.717, 1.165) is 21.9 Å². The first kappa shape index (κ1) is 11.2. The highest BCUT2D eigenvalue weighted by Gasteiger charge is 2.11. The molecule has 0 aliphatic rings. The SMILES string of the molecule is Cc1nnc(Cn2c(=O)sc3ccccc32)n1C. The van der Waals surface area contributed by atoms with Crippen molar-refractivity contribution in [3.63, 3.8) is 0 Å². The molecule has 0 unspecified atom stereocenters. The molecule has 0 spiro atoms. The number of para-hydroxylation sites is 1. The van der Waals surface area contributed by atoms with Gasteiger partial charge >= 0.3 is 4.87 Å². The van der Waals surface area contributed by atoms with E-state index in [-0.39, 0.29) is 4.87 Å². The van der Waals surface area contributed by atoms with Crippen molar-refractivity contribution in [2.45, 2.75) is 13.5 Å². The third-order valence-electron chi connectivity index (χ3n) is 3.06. The normalized spacial score (nSPS) is 11.2. The molecule has 3 rings (SSSR count). The summed E-state index contributed by atoms with van der Waals surface area (Å²) in [6, 6.07) is 7.79. The van der Waals surface area contributed by atoms with Gasteiger partial charge < -0.3 is 4.57 Å². The number of thiazole rings is 1. The monoisotopic (exact) mass is 260 g/mol. The van der Waals surface area contributed by atoms with Crippen LogP contribution in [0.2, 0.25) is 0 Å². The Labute approximate surface area is 107 Å². The van der Waals surface area contributed by atoms with Gasteiger partial charge in [0.05, 0.1) is 16.8 Å². The molecule has 0 N–H and O–H groups in total. The third kappa shape index (κ3) is 1.65. The minimum Gasteiger partial charge on any atom is -0.317 e. The second kappa shape index (κ2) is 4.06. The number of aromatic nitrogens is 4. The van der Waals surface area contributed by atoms with Crippen molar-refractivity contribution in [2.75, 3.05) is 0 Å². The lowest BCUT2D eigenvalue weighted by molar-refractivity contribution is 0.699. The molecule has 18 heavy (non-hydrogen) atoms. The first-order valence-corrected chi connectivity index (χ1v) is 6.41. The molecule has 0 bridgehead atoms. The van der Waals surface area contributed by atoms with Gasteiger partial charge in [0.15, 0.2) is 5.82 Å². The van der Waals surface area contributed by atoms with Gasteiger partial charge in [0.25, 0.3) is 0 Å². The minimum atomic E-state index is 0.0388. The van der Waals surface area contributed by atoms with Crippen molar-refractivity contribution in [1.29, 1.82) is 0 Å². The lowest BCUT2D eigenvalue weighted by Gasteiger charge is -2.03. The van der Waals surface area contributed by atoms with Gasteiger partial charge in [-0.3, -0.25) is 9.36 Å². The Hall–Kier alpha value is -1.95. The molecule has 0 atom stereocenters. The molecule has 0 aliphatic carbocycles. The highest BCUT2D eigenvalue weighted by molar-refractivity contribution is 7.16. The molecule has 0 fully saturated rings. The second-order valence-corrected chi connectivity index (χ2v) is 5.14. The molecule has 0 aliphatic heterocycles. The number of rotatable bonds is 2. The van der Waals surface area contributed by atoms with Crippen molar-refractivity contribution < 1.29 is 0 Å². The minimum absolute atomic E-state index is 0.0388. The molecule has 6 heteroatoms. The molecule has 0 amide bonds. The van der Waals surface area contributed by atoms with E-state index >= 15 is 0 Å². The van der Waals surface area contributed by atoms with Gasteiger partial charge in [-0.1, -0.05) is 23.5 Å². The number of hydrogen-bond donors (Lipinski definition) is 0. The Balaban J connectivity index is 2.13. The molecular weight excluding hydrogens is 248 g/mol. The van der Waals surface area contributed by atoms with Crippen molar-refractivity contribution in [1.82, 2.24) is 19.3 Å². The number of nitrogens with zero attached hydrogens (tertiary/aromatic N) is 4. The van der Waals surface area contributed by atoms with Gasteiger partial charge in [-0.2, -0.15) is 0 Å². The lowest BCUT2D eigenvalue weighted by Crippen LogP contribution is -2.16. The fourth-order valence-corrected chi connectivity index (χ4v) is 2.78. The molecule has 2 heterocycles. The molecule has 0 saturated heterocycles. The molecule has 92 valence electrons. The zero-order valence-electron chi connectivity index (χ0n) is 10.1. The van der Waals surface area contributed by atoms with E-state index in [9.17, 15) is 4.79 Å². The largest absolute Gasteiger partial charge is 0.317 e. The average molecular weight is 260 g/mol. The average Bonchev–Trinajstić information content (AvgIpc) is 2.85. The van der Waals surface area contributed by atoms with Crippen LogP contribution in [0.3, 0.4) is 0 Å². The predicted octanol–water partition coefficient (Wildman–Crippen LogP) is 1.55. The maximum Gasteiger partial charge on any atom is 0.308 e. The van der Waals surface area contributed by atoms with Crippen LogP contribution in [0.4, 0.5) is 0 Å². The Kier molecular flexibility index (Phi) is 2.52. The second-order valence-electron chi connectivity index (χ2n) is 4.14. The summed E-state index contributed by atoms with van der Waals surface area (Å²) >= 11 is 1.26. The van der Waals surface area contributed by atoms with Crippen molar-refractivity contribution in [3.8, 4) is 0 Å². The summed E-state index contributed by atoms with van der Waals surface area (Å²) in [6.07, 6.45) is 0. The van der Waals surface area contributed by atoms with E-state index in [1.807, 2.05) is 42.8 Å². The quantitative estimate of drug-likeness (QED) is 0.702. The van der Waals surface area contributed by atoms with Crippen LogP contribution in [-0.2, 0) is 13.6 Å². The van der Waals surface area contributed by atoms with Crippen LogP contribution >= 0.6 is 11.3 Å². The van der Waals surface area contributed by atoms with Gasteiger partial charge in [0.1, 0.15) is 5.82 Å². The number of aryl methyl sites for hydroxylation is 1. The molecule has 2 aromatic heterocycles. The van der Waals surface area contributed by atoms with Crippen LogP contribution in [0, 0.1) is 6.92 Å². The van der Waals surface area contributed by atoms with E-state index in [0.29, 0.717) is 6.54 Å². The molecule has 0 saturated carbocycles. The maximum atomic E-state index is 12.0. The summed E-state index contributed by atoms with van der Waals surface area (Å²) in [5.74, 6) is 1.63. The van der Waals surface area contributed by atoms with Gasteiger partial charge in [-0.15, -0.1) is 10.2 Å². The highest BCUT2D eigenvalue weighted by atomic mass is 32.1. The van der Waals surface area contributed by atoms with Crippen LogP contribution in [0.1, 0.15) is 11.6 Å². The van der Waals surface area contributed by atoms with Gasteiger partial charge in [0, 0.05) is 7.05 Å². The zero-order valence-corrected chi connectivity index (χ0v) is 10.9. The summed E-state index contributed by atoms with van der Waals surface area (Å²) in [6.45, 7) is 2.35. The zero-order chi connectivity index (χ0) is 12.7. The fourth-order valence-electron chi connectivity index (χ4n) is 1.89. The van der Waals surface area contributed by atoms with Crippen LogP contribution in [0.5, 0.6) is 0 Å². The number of hydrogen-bond acceptors (Lipinski definition) is 4. The molecule has 3 aromatic rings. The van der Waals surface area contributed by atoms with Crippen molar-refractivity contribution in [3.05, 3.63) is 45.6 Å². The molecule has 5 nitrogen and oxygen atoms in total. The highest BCUT2D eigenvalue weighted by Crippen LogP contribution is 2.17. The summed E-state index contributed by atoms with van der Waals surface area (Å²) in [5, 5.41) is 8.10. The van der Waals surface area contributed by atoms with Crippen LogP contribution in [0.15, 0.2) is 29.1 Å². The molecule has 0 radical (unpaired) electrons. The van der Waals surface area contributed by atoms with E-state index in [1.165, 1.54) is 11.3 Å². The Morgan fingerprint density at radius 3 is 2.78 bits per heavy atom. The molecular formula is C12H12N4OS. The topological polar surface area (TPSA) is 52.7 Å². The Morgan fingerprint density at radius 1 is 1.28 bits per heavy atom. The smallest absolute Gasteiger partial charge is 0.308 e. The van der Waals surface area contributed by atoms with Gasteiger partial charge in [-0.05, 0) is 19.1 Å². The predicted molar refractivity (Wildman–Crippen MR) is 70.9 cm³/mol. The van der Waals surface area contributed by atoms with E-state index < -0.39 is 0 Å². The lowest BCUT2D eigenvalue weighted by atomic mass is 10.3. The summed E-state index contributed by atoms with van der Waals surface area (Å²) < 4.78 is 4.64. The van der Waals surface area contributed by atoms with E-state index in [1.54, 1.807) is 4.57 Å². The van der Waals surface area contributed by atoms with Gasteiger partial charge in [-0.25, -0.2) is 0 Å². The Morgan fingerprint density at radius 2 is 2.06 bits per heavy atom. The van der Waals surface area contributed by atoms with E-state index in [4.69, 9.17) is 0 Å². The summed E-state index contributed by atoms with van der Waals surface area (Å²) in [5.41, 5.74) is 0.952. The summed E-state index contributed by atoms with van der Waals surface area (Å²) in [4.78, 5) is 12.0. The van der Waals surface area contributed by atoms with Crippen molar-refractivity contribution in [2.24, 2.45) is 7.05 Å². The first-order valence-electron chi connectivity index (χ1n) is 5.60. The standard InChI is InChI=1S/C12H12N4OS/c1-8-13-14-11(15(8)2)7-16-9-5-3-4-6-10(9)18-12(16)17/h3-6H,7H2,1-2H3. The number of benzene rings is 1. The Bertz CT molecular complexity index is 768. The molecule has 1 aromatic carbocycles. The van der Waals surface area contributed by atoms with Gasteiger partial charge in [0.2, 0.25) is 0 Å². The van der Waals surface area contributed by atoms with Crippen molar-refractivity contribution >= 4 is 21.6 Å². The fraction of sp³-hybridized carbons (Fsp3) is 0.250. The van der Waals surface area contributed by atoms with Crippen LogP contribution in [0.25, 0.3) is 10.2 Å². The van der Waals surface area contributed by atoms with E-state index in [2.05, 4.69) is 10.2 Å². The summed E-state index contributed by atoms with van der Waals surface area (Å²) in [7, 11) is 1.91. The third-order valence-corrected chi connectivity index (χ3v) is 4.02. The first-order chi connectivity index (χ1) is 8.66. The number of fused-ring (bicyclic) bond motifs is 1.